The first kappa shape index (κ1) is 34.4. The third-order valence-electron chi connectivity index (χ3n) is 4.75. The van der Waals surface area contributed by atoms with Gasteiger partial charge in [-0.25, -0.2) is 0 Å². The Morgan fingerprint density at radius 1 is 0.719 bits per heavy atom. The van der Waals surface area contributed by atoms with Crippen LogP contribution in [-0.2, 0) is 28.8 Å². The average Bonchev–Trinajstić information content (AvgIpc) is 2.65. The first-order valence-electron chi connectivity index (χ1n) is 9.96. The van der Waals surface area contributed by atoms with Crippen molar-refractivity contribution in [1.82, 2.24) is 19.6 Å². The second-order valence-electron chi connectivity index (χ2n) is 8.39. The highest BCUT2D eigenvalue weighted by Crippen LogP contribution is 2.15. The van der Waals surface area contributed by atoms with Gasteiger partial charge in [-0.05, 0) is 14.1 Å². The lowest BCUT2D eigenvalue weighted by atomic mass is 9.90. The number of hydrogen-bond acceptors (Lipinski definition) is 10. The molecule has 0 aromatic heterocycles. The van der Waals surface area contributed by atoms with E-state index < -0.39 is 5.97 Å². The molecule has 1 N–H and O–H groups in total. The summed E-state index contributed by atoms with van der Waals surface area (Å²) < 4.78 is 0. The Kier molecular flexibility index (Phi) is 20.9. The molecule has 1 aliphatic heterocycles. The van der Waals surface area contributed by atoms with Gasteiger partial charge in [-0.3, -0.25) is 19.4 Å². The van der Waals surface area contributed by atoms with Crippen molar-refractivity contribution in [2.75, 3.05) is 79.5 Å². The number of carboxylic acid groups (broad SMARTS) is 1. The van der Waals surface area contributed by atoms with Crippen molar-refractivity contribution in [1.29, 1.82) is 0 Å². The zero-order valence-electron chi connectivity index (χ0n) is 19.3. The van der Waals surface area contributed by atoms with Crippen LogP contribution in [0.25, 0.3) is 0 Å². The fourth-order valence-electron chi connectivity index (χ4n) is 2.64. The van der Waals surface area contributed by atoms with E-state index >= 15 is 0 Å². The van der Waals surface area contributed by atoms with E-state index in [1.54, 1.807) is 0 Å². The lowest BCUT2D eigenvalue weighted by Gasteiger charge is -2.32. The van der Waals surface area contributed by atoms with Gasteiger partial charge in [0.2, 0.25) is 0 Å². The highest BCUT2D eigenvalue weighted by molar-refractivity contribution is 5.85. The van der Waals surface area contributed by atoms with Gasteiger partial charge in [-0.15, -0.1) is 0 Å². The number of carbonyl (C=O) groups excluding carboxylic acids is 5. The first-order chi connectivity index (χ1) is 14.4. The van der Waals surface area contributed by atoms with Gasteiger partial charge in [0, 0.05) is 57.8 Å². The van der Waals surface area contributed by atoms with Gasteiger partial charge in [-0.2, -0.15) is 19.2 Å². The molecule has 0 saturated carbocycles. The molecule has 0 unspecified atom stereocenters. The molecular formula is C21H40N4O7. The average molecular weight is 461 g/mol. The van der Waals surface area contributed by atoms with E-state index in [0.29, 0.717) is 19.6 Å². The number of Topliss-reactive ketones (excluding diaryl/α,β-unsaturated/α-hetero) is 1. The summed E-state index contributed by atoms with van der Waals surface area (Å²) in [5.41, 5.74) is -0.348. The lowest BCUT2D eigenvalue weighted by Crippen LogP contribution is -2.47. The van der Waals surface area contributed by atoms with Crippen LogP contribution in [0, 0.1) is 5.41 Å². The number of likely N-dealkylation sites (N-methyl/N-ethyl adjacent to an activating group) is 2. The largest absolute Gasteiger partial charge is 0.480 e. The van der Waals surface area contributed by atoms with E-state index in [-0.39, 0.29) is 37.5 Å². The van der Waals surface area contributed by atoms with Crippen LogP contribution in [0.3, 0.4) is 0 Å². The van der Waals surface area contributed by atoms with Crippen LogP contribution in [0.2, 0.25) is 0 Å². The van der Waals surface area contributed by atoms with Crippen LogP contribution >= 0.6 is 0 Å². The molecule has 0 radical (unpaired) electrons. The van der Waals surface area contributed by atoms with Crippen molar-refractivity contribution in [2.24, 2.45) is 5.41 Å². The van der Waals surface area contributed by atoms with Gasteiger partial charge >= 0.3 is 18.3 Å². The second kappa shape index (κ2) is 19.4. The van der Waals surface area contributed by atoms with Gasteiger partial charge < -0.3 is 14.9 Å². The molecule has 1 heterocycles. The number of rotatable bonds is 4. The Labute approximate surface area is 191 Å². The Morgan fingerprint density at radius 2 is 1.00 bits per heavy atom. The summed E-state index contributed by atoms with van der Waals surface area (Å²) in [4.78, 5) is 64.7. The summed E-state index contributed by atoms with van der Waals surface area (Å²) in [5.74, 6) is -0.571. The first-order valence-corrected chi connectivity index (χ1v) is 9.96. The van der Waals surface area contributed by atoms with E-state index in [0.717, 1.165) is 39.3 Å². The normalized spacial score (nSPS) is 17.3. The number of ketones is 1. The molecule has 11 heteroatoms. The molecule has 0 aliphatic carbocycles. The maximum absolute atomic E-state index is 12.4. The quantitative estimate of drug-likeness (QED) is 0.589. The Balaban J connectivity index is -0.00000108. The summed E-state index contributed by atoms with van der Waals surface area (Å²) >= 11 is 0. The van der Waals surface area contributed by atoms with Crippen LogP contribution in [0.1, 0.15) is 28.2 Å². The van der Waals surface area contributed by atoms with Gasteiger partial charge in [0.1, 0.15) is 0 Å². The molecule has 1 saturated heterocycles. The number of nitrogens with zero attached hydrogens (tertiary/aromatic N) is 4. The van der Waals surface area contributed by atoms with E-state index in [9.17, 15) is 9.59 Å². The molecule has 0 spiro atoms. The molecule has 1 aliphatic rings. The van der Waals surface area contributed by atoms with Crippen molar-refractivity contribution in [3.05, 3.63) is 0 Å². The monoisotopic (exact) mass is 460 g/mol. The second-order valence-corrected chi connectivity index (χ2v) is 8.39. The molecule has 1 fully saturated rings. The van der Waals surface area contributed by atoms with Crippen LogP contribution in [0.4, 0.5) is 0 Å². The highest BCUT2D eigenvalue weighted by Gasteiger charge is 2.24. The minimum atomic E-state index is -0.799. The van der Waals surface area contributed by atoms with Gasteiger partial charge in [0.25, 0.3) is 0 Å². The summed E-state index contributed by atoms with van der Waals surface area (Å²) in [7, 11) is 4.19. The Morgan fingerprint density at radius 3 is 1.31 bits per heavy atom. The molecule has 0 aromatic rings. The lowest BCUT2D eigenvalue weighted by molar-refractivity contribution is -0.193. The molecular weight excluding hydrogens is 420 g/mol. The maximum Gasteiger partial charge on any atom is 0.373 e. The fourth-order valence-corrected chi connectivity index (χ4v) is 2.64. The van der Waals surface area contributed by atoms with Gasteiger partial charge in [0.05, 0.1) is 13.1 Å². The topological polar surface area (TPSA) is 136 Å². The predicted molar refractivity (Wildman–Crippen MR) is 117 cm³/mol. The van der Waals surface area contributed by atoms with E-state index in [2.05, 4.69) is 28.8 Å². The van der Waals surface area contributed by atoms with Crippen molar-refractivity contribution in [3.63, 3.8) is 0 Å². The molecule has 0 bridgehead atoms. The van der Waals surface area contributed by atoms with Crippen molar-refractivity contribution < 1.29 is 33.9 Å². The van der Waals surface area contributed by atoms with Crippen molar-refractivity contribution >= 4 is 24.1 Å². The molecule has 32 heavy (non-hydrogen) atoms. The Bertz CT molecular complexity index is 583. The Hall–Kier alpha value is -2.26. The molecule has 186 valence electrons. The third kappa shape index (κ3) is 19.7. The SMILES string of the molecule is C.CN1CCN(C)CCN(CC(=O)C(C)(C)C)CCN(CC(=O)O)CC1.O=C=O.O=C=O. The minimum Gasteiger partial charge on any atom is -0.480 e. The van der Waals surface area contributed by atoms with Crippen LogP contribution in [0.15, 0.2) is 0 Å². The molecule has 0 aromatic carbocycles. The third-order valence-corrected chi connectivity index (χ3v) is 4.75. The van der Waals surface area contributed by atoms with E-state index in [1.165, 1.54) is 0 Å². The summed E-state index contributed by atoms with van der Waals surface area (Å²) in [6, 6.07) is 0. The summed E-state index contributed by atoms with van der Waals surface area (Å²) in [5, 5.41) is 9.14. The standard InChI is InChI=1S/C18H36N4O3.2CO2.CH4/c1-18(2,3)16(23)14-21-10-8-19(4)6-7-20(5)9-11-22(13-12-21)15-17(24)25;2*2-1-3;/h6-15H2,1-5H3,(H,24,25);;;1H4. The van der Waals surface area contributed by atoms with Gasteiger partial charge in [0.15, 0.2) is 5.78 Å². The molecule has 0 atom stereocenters. The molecule has 0 amide bonds. The zero-order chi connectivity index (χ0) is 24.4. The van der Waals surface area contributed by atoms with E-state index in [4.69, 9.17) is 24.3 Å². The summed E-state index contributed by atoms with van der Waals surface area (Å²) in [6.45, 7) is 12.9. The summed E-state index contributed by atoms with van der Waals surface area (Å²) in [6.07, 6.45) is 0.500. The molecule has 1 rings (SSSR count). The van der Waals surface area contributed by atoms with Crippen LogP contribution < -0.4 is 0 Å². The van der Waals surface area contributed by atoms with Crippen molar-refractivity contribution in [3.8, 4) is 0 Å². The number of hydrogen-bond donors (Lipinski definition) is 1. The predicted octanol–water partition coefficient (Wildman–Crippen LogP) is -0.363. The zero-order valence-corrected chi connectivity index (χ0v) is 19.3. The van der Waals surface area contributed by atoms with E-state index in [1.807, 2.05) is 25.7 Å². The number of carboxylic acids is 1. The maximum atomic E-state index is 12.4. The minimum absolute atomic E-state index is 0. The van der Waals surface area contributed by atoms with Crippen molar-refractivity contribution in [2.45, 2.75) is 28.2 Å². The highest BCUT2D eigenvalue weighted by atomic mass is 16.4. The number of aliphatic carboxylic acids is 1. The molecule has 11 nitrogen and oxygen atoms in total. The smallest absolute Gasteiger partial charge is 0.373 e. The van der Waals surface area contributed by atoms with Gasteiger partial charge in [-0.1, -0.05) is 28.2 Å². The van der Waals surface area contributed by atoms with Crippen LogP contribution in [-0.4, -0.2) is 128 Å². The van der Waals surface area contributed by atoms with Crippen LogP contribution in [0.5, 0.6) is 0 Å². The number of carbonyl (C=O) groups is 2. The fraction of sp³-hybridized carbons (Fsp3) is 0.810.